The summed E-state index contributed by atoms with van der Waals surface area (Å²) in [5, 5.41) is 0. The highest BCUT2D eigenvalue weighted by atomic mass is 31.2. The number of rotatable bonds is 10. The van der Waals surface area contributed by atoms with Crippen LogP contribution in [0.25, 0.3) is 0 Å². The maximum absolute atomic E-state index is 11.9. The lowest BCUT2D eigenvalue weighted by atomic mass is 10.5. The van der Waals surface area contributed by atoms with Crippen LogP contribution in [-0.2, 0) is 27.7 Å². The maximum atomic E-state index is 11.9. The zero-order valence-electron chi connectivity index (χ0n) is 10.2. The van der Waals surface area contributed by atoms with E-state index in [1.165, 1.54) is 0 Å². The van der Waals surface area contributed by atoms with E-state index in [0.717, 1.165) is 6.08 Å². The van der Waals surface area contributed by atoms with Crippen LogP contribution in [0.5, 0.6) is 0 Å². The molecule has 0 aliphatic heterocycles. The number of ether oxygens (including phenoxy) is 1. The molecule has 0 fully saturated rings. The summed E-state index contributed by atoms with van der Waals surface area (Å²) in [6.45, 7) is 6.94. The first-order chi connectivity index (χ1) is 8.08. The van der Waals surface area contributed by atoms with Crippen molar-refractivity contribution in [2.24, 2.45) is 0 Å². The van der Waals surface area contributed by atoms with Crippen LogP contribution in [0.1, 0.15) is 26.7 Å². The fourth-order valence-corrected chi connectivity index (χ4v) is 1.94. The van der Waals surface area contributed by atoms with E-state index in [1.807, 2.05) is 13.8 Å². The Hall–Kier alpha value is -0.680. The minimum atomic E-state index is -3.63. The third kappa shape index (κ3) is 8.10. The largest absolute Gasteiger partial charge is 0.477 e. The molecule has 0 spiro atoms. The highest BCUT2D eigenvalue weighted by Gasteiger charge is 2.26. The minimum Gasteiger partial charge on any atom is -0.435 e. The number of phosphoric ester groups is 1. The van der Waals surface area contributed by atoms with Gasteiger partial charge in [-0.3, -0.25) is 9.05 Å². The van der Waals surface area contributed by atoms with Gasteiger partial charge >= 0.3 is 13.8 Å². The number of hydrogen-bond donors (Lipinski definition) is 0. The van der Waals surface area contributed by atoms with E-state index in [2.05, 4.69) is 11.3 Å². The van der Waals surface area contributed by atoms with Gasteiger partial charge in [0.1, 0.15) is 0 Å². The lowest BCUT2D eigenvalue weighted by Crippen LogP contribution is -2.08. The van der Waals surface area contributed by atoms with Crippen LogP contribution in [0.3, 0.4) is 0 Å². The second kappa shape index (κ2) is 9.36. The zero-order chi connectivity index (χ0) is 13.1. The molecule has 100 valence electrons. The van der Waals surface area contributed by atoms with E-state index in [1.54, 1.807) is 0 Å². The summed E-state index contributed by atoms with van der Waals surface area (Å²) in [6, 6.07) is 0. The maximum Gasteiger partial charge on any atom is 0.477 e. The Morgan fingerprint density at radius 2 is 1.71 bits per heavy atom. The highest BCUT2D eigenvalue weighted by Crippen LogP contribution is 2.49. The zero-order valence-corrected chi connectivity index (χ0v) is 11.1. The molecule has 17 heavy (non-hydrogen) atoms. The topological polar surface area (TPSA) is 71.1 Å². The minimum absolute atomic E-state index is 0.246. The monoisotopic (exact) mass is 266 g/mol. The Labute approximate surface area is 101 Å². The molecule has 6 nitrogen and oxygen atoms in total. The van der Waals surface area contributed by atoms with Crippen LogP contribution in [-0.4, -0.2) is 26.0 Å². The standard InChI is InChI=1S/C10H19O6P/c1-4-7-14-17(12,15-8-5-2)16-9-13-10(11)6-3/h6H,3-5,7-9H2,1-2H3. The van der Waals surface area contributed by atoms with Crippen molar-refractivity contribution in [3.05, 3.63) is 12.7 Å². The van der Waals surface area contributed by atoms with Gasteiger partial charge in [0.25, 0.3) is 0 Å². The van der Waals surface area contributed by atoms with Gasteiger partial charge in [-0.15, -0.1) is 0 Å². The third-order valence-electron chi connectivity index (χ3n) is 1.49. The van der Waals surface area contributed by atoms with Crippen molar-refractivity contribution in [3.8, 4) is 0 Å². The first-order valence-electron chi connectivity index (χ1n) is 5.40. The lowest BCUT2D eigenvalue weighted by molar-refractivity contribution is -0.145. The van der Waals surface area contributed by atoms with Gasteiger partial charge in [-0.1, -0.05) is 20.4 Å². The Bertz CT molecular complexity index is 266. The Morgan fingerprint density at radius 1 is 1.18 bits per heavy atom. The van der Waals surface area contributed by atoms with Crippen molar-refractivity contribution in [1.82, 2.24) is 0 Å². The molecule has 0 radical (unpaired) electrons. The summed E-state index contributed by atoms with van der Waals surface area (Å²) in [6.07, 6.45) is 2.33. The van der Waals surface area contributed by atoms with Crippen molar-refractivity contribution < 1.29 is 27.7 Å². The fraction of sp³-hybridized carbons (Fsp3) is 0.700. The van der Waals surface area contributed by atoms with Gasteiger partial charge in [-0.2, -0.15) is 0 Å². The lowest BCUT2D eigenvalue weighted by Gasteiger charge is -2.16. The smallest absolute Gasteiger partial charge is 0.435 e. The van der Waals surface area contributed by atoms with Gasteiger partial charge in [-0.05, 0) is 12.8 Å². The Balaban J connectivity index is 4.12. The van der Waals surface area contributed by atoms with Crippen molar-refractivity contribution in [1.29, 1.82) is 0 Å². The summed E-state index contributed by atoms with van der Waals surface area (Å²) in [7, 11) is -3.63. The van der Waals surface area contributed by atoms with Crippen LogP contribution < -0.4 is 0 Å². The molecule has 0 heterocycles. The molecule has 0 aromatic carbocycles. The van der Waals surface area contributed by atoms with Crippen LogP contribution in [0, 0.1) is 0 Å². The number of hydrogen-bond acceptors (Lipinski definition) is 6. The number of phosphoric acid groups is 1. The Morgan fingerprint density at radius 3 is 2.12 bits per heavy atom. The first-order valence-corrected chi connectivity index (χ1v) is 6.86. The van der Waals surface area contributed by atoms with E-state index in [0.29, 0.717) is 12.8 Å². The first kappa shape index (κ1) is 16.3. The number of carbonyl (C=O) groups is 1. The molecule has 0 aromatic heterocycles. The van der Waals surface area contributed by atoms with Gasteiger partial charge in [0, 0.05) is 6.08 Å². The molecule has 0 amide bonds. The average molecular weight is 266 g/mol. The molecule has 0 saturated carbocycles. The molecule has 0 rings (SSSR count). The number of esters is 1. The van der Waals surface area contributed by atoms with Crippen LogP contribution in [0.15, 0.2) is 12.7 Å². The van der Waals surface area contributed by atoms with Crippen molar-refractivity contribution in [2.45, 2.75) is 26.7 Å². The molecule has 0 saturated heterocycles. The molecule has 0 aliphatic carbocycles. The summed E-state index contributed by atoms with van der Waals surface area (Å²) >= 11 is 0. The highest BCUT2D eigenvalue weighted by molar-refractivity contribution is 7.48. The van der Waals surface area contributed by atoms with Crippen LogP contribution in [0.2, 0.25) is 0 Å². The van der Waals surface area contributed by atoms with E-state index >= 15 is 0 Å². The normalized spacial score (nSPS) is 11.2. The SMILES string of the molecule is C=CC(=O)OCOP(=O)(OCCC)OCCC. The summed E-state index contributed by atoms with van der Waals surface area (Å²) < 4.78 is 31.3. The fourth-order valence-electron chi connectivity index (χ4n) is 0.726. The number of carbonyl (C=O) groups excluding carboxylic acids is 1. The van der Waals surface area contributed by atoms with Gasteiger partial charge in [0.15, 0.2) is 0 Å². The van der Waals surface area contributed by atoms with E-state index in [-0.39, 0.29) is 13.2 Å². The van der Waals surface area contributed by atoms with Gasteiger partial charge < -0.3 is 4.74 Å². The second-order valence-corrected chi connectivity index (χ2v) is 4.70. The molecular formula is C10H19O6P. The van der Waals surface area contributed by atoms with E-state index < -0.39 is 20.6 Å². The quantitative estimate of drug-likeness (QED) is 0.262. The molecular weight excluding hydrogens is 247 g/mol. The van der Waals surface area contributed by atoms with Crippen molar-refractivity contribution >= 4 is 13.8 Å². The Kier molecular flexibility index (Phi) is 8.99. The summed E-state index contributed by atoms with van der Waals surface area (Å²) in [5.74, 6) is -0.664. The van der Waals surface area contributed by atoms with Crippen molar-refractivity contribution in [2.75, 3.05) is 20.0 Å². The molecule has 0 bridgehead atoms. The van der Waals surface area contributed by atoms with Gasteiger partial charge in [-0.25, -0.2) is 13.9 Å². The predicted octanol–water partition coefficient (Wildman–Crippen LogP) is 2.65. The molecule has 0 atom stereocenters. The summed E-state index contributed by atoms with van der Waals surface area (Å²) in [4.78, 5) is 10.7. The second-order valence-electron chi connectivity index (χ2n) is 3.03. The van der Waals surface area contributed by atoms with Crippen molar-refractivity contribution in [3.63, 3.8) is 0 Å². The third-order valence-corrected chi connectivity index (χ3v) is 2.90. The van der Waals surface area contributed by atoms with E-state index in [9.17, 15) is 9.36 Å². The van der Waals surface area contributed by atoms with Gasteiger partial charge in [0.2, 0.25) is 6.79 Å². The van der Waals surface area contributed by atoms with Crippen LogP contribution in [0.4, 0.5) is 0 Å². The predicted molar refractivity (Wildman–Crippen MR) is 62.3 cm³/mol. The molecule has 0 aliphatic rings. The summed E-state index contributed by atoms with van der Waals surface area (Å²) in [5.41, 5.74) is 0. The van der Waals surface area contributed by atoms with Crippen LogP contribution >= 0.6 is 7.82 Å². The van der Waals surface area contributed by atoms with Gasteiger partial charge in [0.05, 0.1) is 13.2 Å². The molecule has 7 heteroatoms. The average Bonchev–Trinajstić information content (AvgIpc) is 2.34. The molecule has 0 aromatic rings. The molecule has 0 unspecified atom stereocenters. The molecule has 0 N–H and O–H groups in total. The van der Waals surface area contributed by atoms with E-state index in [4.69, 9.17) is 13.6 Å².